The van der Waals surface area contributed by atoms with Gasteiger partial charge >= 0.3 is 0 Å². The average Bonchev–Trinajstić information content (AvgIpc) is 2.03. The summed E-state index contributed by atoms with van der Waals surface area (Å²) in [6.07, 6.45) is 5.45. The van der Waals surface area contributed by atoms with Gasteiger partial charge in [0.25, 0.3) is 0 Å². The second kappa shape index (κ2) is 4.97. The Morgan fingerprint density at radius 2 is 1.92 bits per heavy atom. The predicted octanol–water partition coefficient (Wildman–Crippen LogP) is 1.86. The van der Waals surface area contributed by atoms with E-state index in [1.807, 2.05) is 0 Å². The highest BCUT2D eigenvalue weighted by molar-refractivity contribution is 4.82. The largest absolute Gasteiger partial charge is 0.312 e. The summed E-state index contributed by atoms with van der Waals surface area (Å²) in [5.74, 6) is 0. The van der Waals surface area contributed by atoms with E-state index in [-0.39, 0.29) is 0 Å². The molecule has 2 heteroatoms. The van der Waals surface area contributed by atoms with E-state index in [2.05, 4.69) is 38.2 Å². The van der Waals surface area contributed by atoms with Crippen LogP contribution >= 0.6 is 0 Å². The molecule has 1 N–H and O–H groups in total. The summed E-state index contributed by atoms with van der Waals surface area (Å²) in [7, 11) is 4.39. The Balaban J connectivity index is 2.33. The number of nitrogens with zero attached hydrogens (tertiary/aromatic N) is 1. The Bertz CT molecular complexity index is 143. The van der Waals surface area contributed by atoms with Gasteiger partial charge in [-0.1, -0.05) is 20.3 Å². The first-order valence-electron chi connectivity index (χ1n) is 5.52. The summed E-state index contributed by atoms with van der Waals surface area (Å²) in [4.78, 5) is 2.37. The molecule has 0 aromatic carbocycles. The number of hydrogen-bond donors (Lipinski definition) is 1. The van der Waals surface area contributed by atoms with Gasteiger partial charge in [0, 0.05) is 18.1 Å². The van der Waals surface area contributed by atoms with Crippen molar-refractivity contribution in [1.82, 2.24) is 10.2 Å². The fraction of sp³-hybridized carbons (Fsp3) is 1.00. The molecular weight excluding hydrogens is 160 g/mol. The summed E-state index contributed by atoms with van der Waals surface area (Å²) < 4.78 is 0. The van der Waals surface area contributed by atoms with Gasteiger partial charge in [-0.3, -0.25) is 0 Å². The predicted molar refractivity (Wildman–Crippen MR) is 58.0 cm³/mol. The molecule has 0 aromatic rings. The molecule has 1 fully saturated rings. The summed E-state index contributed by atoms with van der Waals surface area (Å²) in [6.45, 7) is 4.47. The van der Waals surface area contributed by atoms with E-state index in [0.717, 1.165) is 12.1 Å². The Morgan fingerprint density at radius 3 is 2.46 bits per heavy atom. The van der Waals surface area contributed by atoms with Crippen molar-refractivity contribution >= 4 is 0 Å². The van der Waals surface area contributed by atoms with Crippen LogP contribution in [0.4, 0.5) is 0 Å². The van der Waals surface area contributed by atoms with Crippen LogP contribution in [0.5, 0.6) is 0 Å². The lowest BCUT2D eigenvalue weighted by Crippen LogP contribution is -2.43. The Hall–Kier alpha value is -0.0800. The molecule has 0 bridgehead atoms. The smallest absolute Gasteiger partial charge is 0.0104 e. The SMILES string of the molecule is CC(C)NC1CCCC(N(C)C)C1. The normalized spacial score (nSPS) is 30.0. The van der Waals surface area contributed by atoms with Crippen molar-refractivity contribution in [3.05, 3.63) is 0 Å². The highest BCUT2D eigenvalue weighted by Crippen LogP contribution is 2.21. The zero-order valence-electron chi connectivity index (χ0n) is 9.51. The fourth-order valence-electron chi connectivity index (χ4n) is 2.26. The van der Waals surface area contributed by atoms with Crippen LogP contribution in [0.2, 0.25) is 0 Å². The van der Waals surface area contributed by atoms with Gasteiger partial charge in [-0.2, -0.15) is 0 Å². The number of nitrogens with one attached hydrogen (secondary N) is 1. The Labute approximate surface area is 82.7 Å². The molecule has 13 heavy (non-hydrogen) atoms. The fourth-order valence-corrected chi connectivity index (χ4v) is 2.26. The highest BCUT2D eigenvalue weighted by atomic mass is 15.1. The number of hydrogen-bond acceptors (Lipinski definition) is 2. The lowest BCUT2D eigenvalue weighted by molar-refractivity contribution is 0.194. The van der Waals surface area contributed by atoms with Crippen molar-refractivity contribution < 1.29 is 0 Å². The van der Waals surface area contributed by atoms with Crippen LogP contribution in [0, 0.1) is 0 Å². The van der Waals surface area contributed by atoms with Gasteiger partial charge in [0.15, 0.2) is 0 Å². The van der Waals surface area contributed by atoms with Crippen LogP contribution in [-0.2, 0) is 0 Å². The van der Waals surface area contributed by atoms with Gasteiger partial charge in [-0.05, 0) is 33.4 Å². The quantitative estimate of drug-likeness (QED) is 0.720. The van der Waals surface area contributed by atoms with Gasteiger partial charge in [-0.15, -0.1) is 0 Å². The van der Waals surface area contributed by atoms with Gasteiger partial charge in [0.05, 0.1) is 0 Å². The average molecular weight is 184 g/mol. The molecule has 0 heterocycles. The maximum absolute atomic E-state index is 3.64. The van der Waals surface area contributed by atoms with Gasteiger partial charge in [0.2, 0.25) is 0 Å². The lowest BCUT2D eigenvalue weighted by atomic mass is 9.90. The first kappa shape index (κ1) is 11.0. The molecule has 1 rings (SSSR count). The summed E-state index contributed by atoms with van der Waals surface area (Å²) in [5, 5.41) is 3.64. The van der Waals surface area contributed by atoms with E-state index in [9.17, 15) is 0 Å². The van der Waals surface area contributed by atoms with Crippen LogP contribution in [-0.4, -0.2) is 37.1 Å². The first-order chi connectivity index (χ1) is 6.09. The molecule has 0 amide bonds. The van der Waals surface area contributed by atoms with Crippen LogP contribution in [0.3, 0.4) is 0 Å². The van der Waals surface area contributed by atoms with Crippen LogP contribution in [0.15, 0.2) is 0 Å². The Morgan fingerprint density at radius 1 is 1.23 bits per heavy atom. The molecule has 0 spiro atoms. The zero-order chi connectivity index (χ0) is 9.84. The molecular formula is C11H24N2. The van der Waals surface area contributed by atoms with Crippen molar-refractivity contribution in [3.63, 3.8) is 0 Å². The summed E-state index contributed by atoms with van der Waals surface area (Å²) in [5.41, 5.74) is 0. The molecule has 0 aromatic heterocycles. The molecule has 0 saturated heterocycles. The Kier molecular flexibility index (Phi) is 4.20. The molecule has 78 valence electrons. The molecule has 1 aliphatic carbocycles. The van der Waals surface area contributed by atoms with Crippen molar-refractivity contribution in [2.75, 3.05) is 14.1 Å². The molecule has 2 nitrogen and oxygen atoms in total. The topological polar surface area (TPSA) is 15.3 Å². The monoisotopic (exact) mass is 184 g/mol. The van der Waals surface area contributed by atoms with Gasteiger partial charge < -0.3 is 10.2 Å². The molecule has 2 atom stereocenters. The van der Waals surface area contributed by atoms with Crippen molar-refractivity contribution in [1.29, 1.82) is 0 Å². The van der Waals surface area contributed by atoms with Crippen LogP contribution in [0.1, 0.15) is 39.5 Å². The first-order valence-corrected chi connectivity index (χ1v) is 5.52. The van der Waals surface area contributed by atoms with Gasteiger partial charge in [-0.25, -0.2) is 0 Å². The van der Waals surface area contributed by atoms with E-state index in [1.54, 1.807) is 0 Å². The maximum atomic E-state index is 3.64. The highest BCUT2D eigenvalue weighted by Gasteiger charge is 2.23. The number of rotatable bonds is 3. The van der Waals surface area contributed by atoms with E-state index < -0.39 is 0 Å². The third kappa shape index (κ3) is 3.65. The third-order valence-corrected chi connectivity index (χ3v) is 2.95. The molecule has 0 aliphatic heterocycles. The van der Waals surface area contributed by atoms with Crippen molar-refractivity contribution in [2.45, 2.75) is 57.7 Å². The lowest BCUT2D eigenvalue weighted by Gasteiger charge is -2.34. The van der Waals surface area contributed by atoms with Crippen LogP contribution in [0.25, 0.3) is 0 Å². The van der Waals surface area contributed by atoms with Gasteiger partial charge in [0.1, 0.15) is 0 Å². The molecule has 2 unspecified atom stereocenters. The standard InChI is InChI=1S/C11H24N2/c1-9(2)12-10-6-5-7-11(8-10)13(3)4/h9-12H,5-8H2,1-4H3. The minimum atomic E-state index is 0.630. The van der Waals surface area contributed by atoms with Crippen molar-refractivity contribution in [3.8, 4) is 0 Å². The van der Waals surface area contributed by atoms with E-state index >= 15 is 0 Å². The minimum Gasteiger partial charge on any atom is -0.312 e. The maximum Gasteiger partial charge on any atom is 0.0104 e. The second-order valence-electron chi connectivity index (χ2n) is 4.80. The minimum absolute atomic E-state index is 0.630. The second-order valence-corrected chi connectivity index (χ2v) is 4.80. The molecule has 1 saturated carbocycles. The zero-order valence-corrected chi connectivity index (χ0v) is 9.51. The van der Waals surface area contributed by atoms with E-state index in [0.29, 0.717) is 6.04 Å². The summed E-state index contributed by atoms with van der Waals surface area (Å²) >= 11 is 0. The molecule has 1 aliphatic rings. The van der Waals surface area contributed by atoms with Crippen molar-refractivity contribution in [2.24, 2.45) is 0 Å². The van der Waals surface area contributed by atoms with Crippen LogP contribution < -0.4 is 5.32 Å². The summed E-state index contributed by atoms with van der Waals surface area (Å²) in [6, 6.07) is 2.18. The third-order valence-electron chi connectivity index (χ3n) is 2.95. The molecule has 0 radical (unpaired) electrons. The van der Waals surface area contributed by atoms with E-state index in [4.69, 9.17) is 0 Å². The van der Waals surface area contributed by atoms with E-state index in [1.165, 1.54) is 25.7 Å².